The third-order valence-electron chi connectivity index (χ3n) is 1.52. The maximum atomic E-state index is 11.1. The lowest BCUT2D eigenvalue weighted by atomic mass is 10.3. The minimum absolute atomic E-state index is 0.0759. The van der Waals surface area contributed by atoms with Gasteiger partial charge < -0.3 is 15.7 Å². The summed E-state index contributed by atoms with van der Waals surface area (Å²) in [6, 6.07) is 6.61. The summed E-state index contributed by atoms with van der Waals surface area (Å²) in [6.07, 6.45) is 0. The Morgan fingerprint density at radius 1 is 1.46 bits per heavy atom. The molecule has 70 valence electrons. The minimum atomic E-state index is -0.177. The molecule has 0 saturated carbocycles. The lowest BCUT2D eigenvalue weighted by Crippen LogP contribution is -2.25. The average molecular weight is 180 g/mol. The van der Waals surface area contributed by atoms with Gasteiger partial charge in [0.15, 0.2) is 0 Å². The topological polar surface area (TPSA) is 61.4 Å². The SMILES string of the molecule is CNCC(=O)Nc1ccccc1O. The zero-order valence-corrected chi connectivity index (χ0v) is 7.37. The molecule has 1 aromatic carbocycles. The van der Waals surface area contributed by atoms with Gasteiger partial charge in [0.25, 0.3) is 0 Å². The highest BCUT2D eigenvalue weighted by atomic mass is 16.3. The van der Waals surface area contributed by atoms with E-state index in [2.05, 4.69) is 10.6 Å². The van der Waals surface area contributed by atoms with E-state index in [4.69, 9.17) is 0 Å². The summed E-state index contributed by atoms with van der Waals surface area (Å²) in [5, 5.41) is 14.6. The van der Waals surface area contributed by atoms with Crippen molar-refractivity contribution < 1.29 is 9.90 Å². The van der Waals surface area contributed by atoms with Gasteiger partial charge in [-0.1, -0.05) is 12.1 Å². The van der Waals surface area contributed by atoms with Crippen molar-refractivity contribution in [1.82, 2.24) is 5.32 Å². The smallest absolute Gasteiger partial charge is 0.238 e. The summed E-state index contributed by atoms with van der Waals surface area (Å²) >= 11 is 0. The molecule has 0 bridgehead atoms. The zero-order valence-electron chi connectivity index (χ0n) is 7.37. The highest BCUT2D eigenvalue weighted by Gasteiger charge is 2.03. The zero-order chi connectivity index (χ0) is 9.68. The molecule has 0 saturated heterocycles. The Morgan fingerprint density at radius 3 is 2.77 bits per heavy atom. The van der Waals surface area contributed by atoms with Crippen molar-refractivity contribution in [3.05, 3.63) is 24.3 Å². The number of nitrogens with one attached hydrogen (secondary N) is 2. The first-order chi connectivity index (χ1) is 6.24. The first kappa shape index (κ1) is 9.54. The largest absolute Gasteiger partial charge is 0.506 e. The van der Waals surface area contributed by atoms with Gasteiger partial charge in [-0.3, -0.25) is 4.79 Å². The lowest BCUT2D eigenvalue weighted by molar-refractivity contribution is -0.115. The van der Waals surface area contributed by atoms with Crippen LogP contribution in [0.4, 0.5) is 5.69 Å². The first-order valence-corrected chi connectivity index (χ1v) is 3.96. The predicted molar refractivity (Wildman–Crippen MR) is 50.7 cm³/mol. The summed E-state index contributed by atoms with van der Waals surface area (Å²) in [5.41, 5.74) is 0.433. The van der Waals surface area contributed by atoms with E-state index in [1.54, 1.807) is 25.2 Å². The molecular formula is C9H12N2O2. The normalized spacial score (nSPS) is 9.62. The molecule has 0 spiro atoms. The van der Waals surface area contributed by atoms with Gasteiger partial charge >= 0.3 is 0 Å². The number of carbonyl (C=O) groups is 1. The van der Waals surface area contributed by atoms with E-state index >= 15 is 0 Å². The number of phenols is 1. The van der Waals surface area contributed by atoms with Crippen LogP contribution in [0.2, 0.25) is 0 Å². The van der Waals surface area contributed by atoms with Gasteiger partial charge in [0.1, 0.15) is 5.75 Å². The van der Waals surface area contributed by atoms with Crippen LogP contribution < -0.4 is 10.6 Å². The summed E-state index contributed by atoms with van der Waals surface area (Å²) in [7, 11) is 1.68. The Kier molecular flexibility index (Phi) is 3.28. The molecule has 4 nitrogen and oxygen atoms in total. The van der Waals surface area contributed by atoms with Gasteiger partial charge in [0, 0.05) is 0 Å². The number of likely N-dealkylation sites (N-methyl/N-ethyl adjacent to an activating group) is 1. The number of amides is 1. The van der Waals surface area contributed by atoms with E-state index in [0.29, 0.717) is 5.69 Å². The third kappa shape index (κ3) is 2.76. The van der Waals surface area contributed by atoms with Crippen molar-refractivity contribution >= 4 is 11.6 Å². The molecule has 1 aromatic rings. The number of rotatable bonds is 3. The summed E-state index contributed by atoms with van der Waals surface area (Å²) < 4.78 is 0. The average Bonchev–Trinajstić information content (AvgIpc) is 2.09. The van der Waals surface area contributed by atoms with Crippen LogP contribution in [0.1, 0.15) is 0 Å². The second-order valence-corrected chi connectivity index (χ2v) is 2.60. The fourth-order valence-corrected chi connectivity index (χ4v) is 0.934. The van der Waals surface area contributed by atoms with E-state index in [1.165, 1.54) is 6.07 Å². The second-order valence-electron chi connectivity index (χ2n) is 2.60. The summed E-state index contributed by atoms with van der Waals surface area (Å²) in [6.45, 7) is 0.230. The van der Waals surface area contributed by atoms with Gasteiger partial charge in [-0.15, -0.1) is 0 Å². The third-order valence-corrected chi connectivity index (χ3v) is 1.52. The van der Waals surface area contributed by atoms with Crippen LogP contribution in [0.3, 0.4) is 0 Å². The molecule has 0 aliphatic carbocycles. The molecule has 0 unspecified atom stereocenters. The molecule has 1 rings (SSSR count). The Bertz CT molecular complexity index is 299. The van der Waals surface area contributed by atoms with Gasteiger partial charge in [-0.2, -0.15) is 0 Å². The van der Waals surface area contributed by atoms with Crippen molar-refractivity contribution in [2.24, 2.45) is 0 Å². The molecule has 0 atom stereocenters. The molecule has 13 heavy (non-hydrogen) atoms. The Labute approximate surface area is 76.6 Å². The molecular weight excluding hydrogens is 168 g/mol. The van der Waals surface area contributed by atoms with Gasteiger partial charge in [-0.25, -0.2) is 0 Å². The van der Waals surface area contributed by atoms with Crippen molar-refractivity contribution in [1.29, 1.82) is 0 Å². The van der Waals surface area contributed by atoms with Gasteiger partial charge in [0.05, 0.1) is 12.2 Å². The molecule has 1 amide bonds. The van der Waals surface area contributed by atoms with E-state index in [1.807, 2.05) is 0 Å². The monoisotopic (exact) mass is 180 g/mol. The van der Waals surface area contributed by atoms with E-state index in [9.17, 15) is 9.90 Å². The van der Waals surface area contributed by atoms with Crippen LogP contribution in [-0.2, 0) is 4.79 Å². The number of carbonyl (C=O) groups excluding carboxylic acids is 1. The van der Waals surface area contributed by atoms with Gasteiger partial charge in [0.2, 0.25) is 5.91 Å². The molecule has 0 aliphatic rings. The lowest BCUT2D eigenvalue weighted by Gasteiger charge is -2.05. The number of benzene rings is 1. The molecule has 3 N–H and O–H groups in total. The van der Waals surface area contributed by atoms with Crippen molar-refractivity contribution in [3.8, 4) is 5.75 Å². The summed E-state index contributed by atoms with van der Waals surface area (Å²) in [4.78, 5) is 11.1. The Morgan fingerprint density at radius 2 is 2.15 bits per heavy atom. The quantitative estimate of drug-likeness (QED) is 0.595. The molecule has 0 aliphatic heterocycles. The predicted octanol–water partition coefficient (Wildman–Crippen LogP) is 0.550. The molecule has 4 heteroatoms. The molecule has 0 heterocycles. The standard InChI is InChI=1S/C9H12N2O2/c1-10-6-9(13)11-7-4-2-3-5-8(7)12/h2-5,10,12H,6H2,1H3,(H,11,13). The molecule has 0 radical (unpaired) electrons. The maximum absolute atomic E-state index is 11.1. The van der Waals surface area contributed by atoms with E-state index in [0.717, 1.165) is 0 Å². The second kappa shape index (κ2) is 4.47. The fraction of sp³-hybridized carbons (Fsp3) is 0.222. The number of anilines is 1. The number of para-hydroxylation sites is 2. The van der Waals surface area contributed by atoms with E-state index in [-0.39, 0.29) is 18.2 Å². The number of aromatic hydroxyl groups is 1. The van der Waals surface area contributed by atoms with E-state index < -0.39 is 0 Å². The first-order valence-electron chi connectivity index (χ1n) is 3.96. The Balaban J connectivity index is 2.63. The Hall–Kier alpha value is -1.55. The van der Waals surface area contributed by atoms with Gasteiger partial charge in [-0.05, 0) is 19.2 Å². The molecule has 0 aromatic heterocycles. The van der Waals surface area contributed by atoms with Crippen LogP contribution in [-0.4, -0.2) is 24.6 Å². The maximum Gasteiger partial charge on any atom is 0.238 e. The number of hydrogen-bond acceptors (Lipinski definition) is 3. The van der Waals surface area contributed by atoms with Crippen LogP contribution >= 0.6 is 0 Å². The van der Waals surface area contributed by atoms with Crippen LogP contribution in [0.15, 0.2) is 24.3 Å². The minimum Gasteiger partial charge on any atom is -0.506 e. The number of hydrogen-bond donors (Lipinski definition) is 3. The molecule has 0 fully saturated rings. The van der Waals surface area contributed by atoms with Crippen molar-refractivity contribution in [2.45, 2.75) is 0 Å². The highest BCUT2D eigenvalue weighted by Crippen LogP contribution is 2.20. The van der Waals surface area contributed by atoms with Crippen LogP contribution in [0.5, 0.6) is 5.75 Å². The van der Waals surface area contributed by atoms with Crippen LogP contribution in [0, 0.1) is 0 Å². The highest BCUT2D eigenvalue weighted by molar-refractivity contribution is 5.93. The van der Waals surface area contributed by atoms with Crippen molar-refractivity contribution in [2.75, 3.05) is 18.9 Å². The van der Waals surface area contributed by atoms with Crippen molar-refractivity contribution in [3.63, 3.8) is 0 Å². The fourth-order valence-electron chi connectivity index (χ4n) is 0.934. The summed E-state index contributed by atoms with van der Waals surface area (Å²) in [5.74, 6) is -0.101. The number of phenolic OH excluding ortho intramolecular Hbond substituents is 1. The van der Waals surface area contributed by atoms with Crippen LogP contribution in [0.25, 0.3) is 0 Å².